The summed E-state index contributed by atoms with van der Waals surface area (Å²) in [5.41, 5.74) is 0. The lowest BCUT2D eigenvalue weighted by Gasteiger charge is -2.05. The molecule has 0 saturated heterocycles. The summed E-state index contributed by atoms with van der Waals surface area (Å²) < 4.78 is 31.5. The van der Waals surface area contributed by atoms with Crippen LogP contribution < -0.4 is 4.74 Å². The van der Waals surface area contributed by atoms with E-state index in [4.69, 9.17) is 4.74 Å². The first kappa shape index (κ1) is 11.9. The molecule has 0 amide bonds. The van der Waals surface area contributed by atoms with Gasteiger partial charge in [0.25, 0.3) is 0 Å². The zero-order valence-corrected chi connectivity index (χ0v) is 10.3. The number of rotatable bonds is 2. The van der Waals surface area contributed by atoms with Crippen LogP contribution in [-0.2, 0) is 0 Å². The van der Waals surface area contributed by atoms with Crippen molar-refractivity contribution in [2.45, 2.75) is 6.92 Å². The van der Waals surface area contributed by atoms with Crippen LogP contribution >= 0.6 is 15.9 Å². The molecule has 0 aliphatic carbocycles. The Kier molecular flexibility index (Phi) is 3.33. The molecule has 0 aliphatic heterocycles. The van der Waals surface area contributed by atoms with Crippen LogP contribution in [0, 0.1) is 18.6 Å². The second-order valence-corrected chi connectivity index (χ2v) is 4.07. The van der Waals surface area contributed by atoms with E-state index in [-0.39, 0.29) is 11.6 Å². The Morgan fingerprint density at radius 2 is 1.88 bits per heavy atom. The van der Waals surface area contributed by atoms with Gasteiger partial charge in [0.05, 0.1) is 0 Å². The van der Waals surface area contributed by atoms with Crippen LogP contribution in [0.1, 0.15) is 5.82 Å². The van der Waals surface area contributed by atoms with Crippen molar-refractivity contribution >= 4 is 15.9 Å². The number of aryl methyl sites for hydroxylation is 1. The smallest absolute Gasteiger partial charge is 0.223 e. The maximum atomic E-state index is 12.9. The molecule has 0 N–H and O–H groups in total. The van der Waals surface area contributed by atoms with Gasteiger partial charge in [-0.05, 0) is 35.0 Å². The second kappa shape index (κ2) is 4.75. The molecule has 6 heteroatoms. The summed E-state index contributed by atoms with van der Waals surface area (Å²) in [5.74, 6) is -0.939. The third-order valence-electron chi connectivity index (χ3n) is 1.90. The van der Waals surface area contributed by atoms with Crippen molar-refractivity contribution in [1.82, 2.24) is 9.97 Å². The van der Waals surface area contributed by atoms with Gasteiger partial charge >= 0.3 is 0 Å². The second-order valence-electron chi connectivity index (χ2n) is 3.25. The zero-order valence-electron chi connectivity index (χ0n) is 8.75. The first-order chi connectivity index (χ1) is 8.04. The third kappa shape index (κ3) is 2.97. The van der Waals surface area contributed by atoms with Gasteiger partial charge in [0.2, 0.25) is 5.88 Å². The van der Waals surface area contributed by atoms with E-state index in [2.05, 4.69) is 25.9 Å². The zero-order chi connectivity index (χ0) is 12.4. The fraction of sp³-hybridized carbons (Fsp3) is 0.0909. The number of hydrogen-bond donors (Lipinski definition) is 0. The van der Waals surface area contributed by atoms with Crippen molar-refractivity contribution in [2.24, 2.45) is 0 Å². The van der Waals surface area contributed by atoms with E-state index >= 15 is 0 Å². The van der Waals surface area contributed by atoms with Gasteiger partial charge in [0, 0.05) is 12.1 Å². The van der Waals surface area contributed by atoms with E-state index in [1.165, 1.54) is 12.1 Å². The lowest BCUT2D eigenvalue weighted by Crippen LogP contribution is -1.94. The molecule has 17 heavy (non-hydrogen) atoms. The molecular weight excluding hydrogens is 294 g/mol. The Labute approximate surface area is 105 Å². The van der Waals surface area contributed by atoms with Gasteiger partial charge in [-0.2, -0.15) is 4.98 Å². The van der Waals surface area contributed by atoms with Gasteiger partial charge in [-0.3, -0.25) is 0 Å². The van der Waals surface area contributed by atoms with E-state index in [1.807, 2.05) is 0 Å². The normalized spacial score (nSPS) is 10.4. The van der Waals surface area contributed by atoms with E-state index in [9.17, 15) is 8.78 Å². The summed E-state index contributed by atoms with van der Waals surface area (Å²) in [6.07, 6.45) is 0. The topological polar surface area (TPSA) is 35.0 Å². The number of halogens is 3. The highest BCUT2D eigenvalue weighted by Crippen LogP contribution is 2.23. The quantitative estimate of drug-likeness (QED) is 0.795. The summed E-state index contributed by atoms with van der Waals surface area (Å²) in [6.45, 7) is 1.70. The van der Waals surface area contributed by atoms with Crippen LogP contribution in [0.3, 0.4) is 0 Å². The van der Waals surface area contributed by atoms with Crippen LogP contribution in [0.25, 0.3) is 0 Å². The standard InChI is InChI=1S/C11H7BrF2N2O/c1-6-15-10(12)5-11(16-6)17-7-2-3-8(13)9(14)4-7/h2-5H,1H3. The molecule has 88 valence electrons. The van der Waals surface area contributed by atoms with Crippen LogP contribution in [0.2, 0.25) is 0 Å². The Morgan fingerprint density at radius 3 is 2.53 bits per heavy atom. The van der Waals surface area contributed by atoms with Crippen molar-refractivity contribution in [3.8, 4) is 11.6 Å². The third-order valence-corrected chi connectivity index (χ3v) is 2.30. The van der Waals surface area contributed by atoms with Crippen LogP contribution in [0.5, 0.6) is 11.6 Å². The highest BCUT2D eigenvalue weighted by atomic mass is 79.9. The molecule has 1 aromatic carbocycles. The van der Waals surface area contributed by atoms with Crippen LogP contribution in [0.15, 0.2) is 28.9 Å². The molecule has 0 radical (unpaired) electrons. The average molecular weight is 301 g/mol. The molecule has 1 aromatic heterocycles. The molecule has 0 fully saturated rings. The van der Waals surface area contributed by atoms with Crippen molar-refractivity contribution in [3.05, 3.63) is 46.3 Å². The number of ether oxygens (including phenoxy) is 1. The van der Waals surface area contributed by atoms with Gasteiger partial charge in [-0.15, -0.1) is 0 Å². The van der Waals surface area contributed by atoms with Crippen molar-refractivity contribution in [1.29, 1.82) is 0 Å². The number of aromatic nitrogens is 2. The van der Waals surface area contributed by atoms with E-state index in [0.29, 0.717) is 10.4 Å². The predicted octanol–water partition coefficient (Wildman–Crippen LogP) is 3.62. The minimum Gasteiger partial charge on any atom is -0.439 e. The van der Waals surface area contributed by atoms with Crippen molar-refractivity contribution < 1.29 is 13.5 Å². The molecular formula is C11H7BrF2N2O. The maximum absolute atomic E-state index is 12.9. The van der Waals surface area contributed by atoms with Crippen molar-refractivity contribution in [2.75, 3.05) is 0 Å². The van der Waals surface area contributed by atoms with Crippen LogP contribution in [-0.4, -0.2) is 9.97 Å². The van der Waals surface area contributed by atoms with E-state index < -0.39 is 11.6 Å². The molecule has 2 aromatic rings. The molecule has 0 atom stereocenters. The average Bonchev–Trinajstić information content (AvgIpc) is 2.22. The van der Waals surface area contributed by atoms with E-state index in [1.54, 1.807) is 6.92 Å². The lowest BCUT2D eigenvalue weighted by molar-refractivity contribution is 0.445. The summed E-state index contributed by atoms with van der Waals surface area (Å²) in [7, 11) is 0. The summed E-state index contributed by atoms with van der Waals surface area (Å²) in [5, 5.41) is 0. The maximum Gasteiger partial charge on any atom is 0.223 e. The summed E-state index contributed by atoms with van der Waals surface area (Å²) >= 11 is 3.19. The Balaban J connectivity index is 2.28. The largest absolute Gasteiger partial charge is 0.439 e. The summed E-state index contributed by atoms with van der Waals surface area (Å²) in [4.78, 5) is 8.00. The number of nitrogens with zero attached hydrogens (tertiary/aromatic N) is 2. The Bertz CT molecular complexity index is 543. The minimum absolute atomic E-state index is 0.175. The SMILES string of the molecule is Cc1nc(Br)cc(Oc2ccc(F)c(F)c2)n1. The number of hydrogen-bond acceptors (Lipinski definition) is 3. The minimum atomic E-state index is -0.965. The molecule has 3 nitrogen and oxygen atoms in total. The van der Waals surface area contributed by atoms with Gasteiger partial charge in [-0.25, -0.2) is 13.8 Å². The highest BCUT2D eigenvalue weighted by molar-refractivity contribution is 9.10. The molecule has 0 saturated carbocycles. The molecule has 0 spiro atoms. The monoisotopic (exact) mass is 300 g/mol. The first-order valence-electron chi connectivity index (χ1n) is 4.69. The molecule has 0 aliphatic rings. The Hall–Kier alpha value is -1.56. The van der Waals surface area contributed by atoms with Gasteiger partial charge < -0.3 is 4.74 Å². The van der Waals surface area contributed by atoms with E-state index in [0.717, 1.165) is 12.1 Å². The van der Waals surface area contributed by atoms with Gasteiger partial charge in [0.1, 0.15) is 16.2 Å². The van der Waals surface area contributed by atoms with Gasteiger partial charge in [0.15, 0.2) is 11.6 Å². The fourth-order valence-electron chi connectivity index (χ4n) is 1.22. The molecule has 2 rings (SSSR count). The molecule has 0 bridgehead atoms. The fourth-order valence-corrected chi connectivity index (χ4v) is 1.67. The molecule has 1 heterocycles. The van der Waals surface area contributed by atoms with Crippen LogP contribution in [0.4, 0.5) is 8.78 Å². The van der Waals surface area contributed by atoms with Gasteiger partial charge in [-0.1, -0.05) is 0 Å². The van der Waals surface area contributed by atoms with Crippen molar-refractivity contribution in [3.63, 3.8) is 0 Å². The first-order valence-corrected chi connectivity index (χ1v) is 5.48. The number of benzene rings is 1. The highest BCUT2D eigenvalue weighted by Gasteiger charge is 2.06. The lowest BCUT2D eigenvalue weighted by atomic mass is 10.3. The predicted molar refractivity (Wildman–Crippen MR) is 60.9 cm³/mol. The Morgan fingerprint density at radius 1 is 1.12 bits per heavy atom. The summed E-state index contributed by atoms with van der Waals surface area (Å²) in [6, 6.07) is 4.81. The molecule has 0 unspecified atom stereocenters.